The minimum absolute atomic E-state index is 0.610. The molecular weight excluding hydrogens is 240 g/mol. The topological polar surface area (TPSA) is 50.3 Å². The van der Waals surface area contributed by atoms with Crippen LogP contribution in [0.3, 0.4) is 0 Å². The predicted octanol–water partition coefficient (Wildman–Crippen LogP) is 1.46. The van der Waals surface area contributed by atoms with Crippen LogP contribution in [0, 0.1) is 5.92 Å². The van der Waals surface area contributed by atoms with E-state index in [0.29, 0.717) is 11.8 Å². The Labute approximate surface area is 114 Å². The van der Waals surface area contributed by atoms with Crippen molar-refractivity contribution in [1.82, 2.24) is 15.3 Å². The Morgan fingerprint density at radius 1 is 1.26 bits per heavy atom. The monoisotopic (exact) mass is 262 g/mol. The molecular formula is C14H22N4O. The van der Waals surface area contributed by atoms with Crippen LogP contribution in [0.2, 0.25) is 0 Å². The second kappa shape index (κ2) is 6.19. The Morgan fingerprint density at radius 2 is 2.16 bits per heavy atom. The average molecular weight is 262 g/mol. The molecule has 1 unspecified atom stereocenters. The number of hydrogen-bond donors (Lipinski definition) is 1. The third-order valence-corrected chi connectivity index (χ3v) is 3.92. The van der Waals surface area contributed by atoms with Crippen molar-refractivity contribution in [2.24, 2.45) is 5.92 Å². The quantitative estimate of drug-likeness (QED) is 0.890. The first-order valence-corrected chi connectivity index (χ1v) is 7.32. The SMILES string of the molecule is c1nc(OCC2CCCNC2)cc(N2CCCC2)n1. The van der Waals surface area contributed by atoms with Gasteiger partial charge in [-0.25, -0.2) is 9.97 Å². The lowest BCUT2D eigenvalue weighted by Crippen LogP contribution is -2.33. The highest BCUT2D eigenvalue weighted by Gasteiger charge is 2.16. The molecule has 0 saturated carbocycles. The van der Waals surface area contributed by atoms with Gasteiger partial charge >= 0.3 is 0 Å². The number of ether oxygens (including phenoxy) is 1. The maximum atomic E-state index is 5.83. The first-order chi connectivity index (χ1) is 9.42. The third kappa shape index (κ3) is 3.35. The molecule has 2 aliphatic heterocycles. The smallest absolute Gasteiger partial charge is 0.218 e. The van der Waals surface area contributed by atoms with Crippen LogP contribution in [-0.2, 0) is 0 Å². The molecule has 0 amide bonds. The van der Waals surface area contributed by atoms with Crippen LogP contribution >= 0.6 is 0 Å². The summed E-state index contributed by atoms with van der Waals surface area (Å²) in [6, 6.07) is 1.97. The van der Waals surface area contributed by atoms with E-state index in [2.05, 4.69) is 20.2 Å². The van der Waals surface area contributed by atoms with Gasteiger partial charge in [-0.1, -0.05) is 0 Å². The summed E-state index contributed by atoms with van der Waals surface area (Å²) in [6.45, 7) is 5.16. The lowest BCUT2D eigenvalue weighted by molar-refractivity contribution is 0.212. The fourth-order valence-electron chi connectivity index (χ4n) is 2.80. The standard InChI is InChI=1S/C14H22N4O/c1-2-7-18(6-1)13-8-14(17-11-16-13)19-10-12-4-3-5-15-9-12/h8,11-12,15H,1-7,9-10H2. The van der Waals surface area contributed by atoms with Crippen LogP contribution < -0.4 is 15.0 Å². The number of nitrogens with one attached hydrogen (secondary N) is 1. The van der Waals surface area contributed by atoms with Crippen LogP contribution in [0.15, 0.2) is 12.4 Å². The summed E-state index contributed by atoms with van der Waals surface area (Å²) in [6.07, 6.45) is 6.62. The van der Waals surface area contributed by atoms with Gasteiger partial charge in [0.1, 0.15) is 12.1 Å². The third-order valence-electron chi connectivity index (χ3n) is 3.92. The molecule has 0 spiro atoms. The number of aromatic nitrogens is 2. The number of hydrogen-bond acceptors (Lipinski definition) is 5. The molecule has 19 heavy (non-hydrogen) atoms. The average Bonchev–Trinajstić information content (AvgIpc) is 3.01. The Hall–Kier alpha value is -1.36. The molecule has 3 heterocycles. The summed E-state index contributed by atoms with van der Waals surface area (Å²) < 4.78 is 5.83. The molecule has 2 aliphatic rings. The number of piperidine rings is 1. The number of rotatable bonds is 4. The molecule has 0 aromatic carbocycles. The van der Waals surface area contributed by atoms with Gasteiger partial charge in [-0.15, -0.1) is 0 Å². The van der Waals surface area contributed by atoms with E-state index in [9.17, 15) is 0 Å². The summed E-state index contributed by atoms with van der Waals surface area (Å²) >= 11 is 0. The highest BCUT2D eigenvalue weighted by atomic mass is 16.5. The van der Waals surface area contributed by atoms with Crippen LogP contribution in [0.1, 0.15) is 25.7 Å². The Balaban J connectivity index is 1.56. The molecule has 1 atom stereocenters. The van der Waals surface area contributed by atoms with Crippen molar-refractivity contribution < 1.29 is 4.74 Å². The maximum absolute atomic E-state index is 5.83. The molecule has 5 nitrogen and oxygen atoms in total. The van der Waals surface area contributed by atoms with Gasteiger partial charge in [0, 0.05) is 31.6 Å². The zero-order valence-electron chi connectivity index (χ0n) is 11.3. The van der Waals surface area contributed by atoms with Gasteiger partial charge in [-0.3, -0.25) is 0 Å². The lowest BCUT2D eigenvalue weighted by Gasteiger charge is -2.22. The largest absolute Gasteiger partial charge is 0.477 e. The molecule has 1 aromatic rings. The Morgan fingerprint density at radius 3 is 2.95 bits per heavy atom. The van der Waals surface area contributed by atoms with Gasteiger partial charge in [0.2, 0.25) is 5.88 Å². The van der Waals surface area contributed by atoms with Crippen molar-refractivity contribution in [3.05, 3.63) is 12.4 Å². The molecule has 104 valence electrons. The number of anilines is 1. The van der Waals surface area contributed by atoms with Crippen LogP contribution in [0.4, 0.5) is 5.82 Å². The van der Waals surface area contributed by atoms with Gasteiger partial charge < -0.3 is 15.0 Å². The summed E-state index contributed by atoms with van der Waals surface area (Å²) in [5, 5.41) is 3.41. The predicted molar refractivity (Wildman–Crippen MR) is 74.6 cm³/mol. The van der Waals surface area contributed by atoms with Crippen molar-refractivity contribution in [3.8, 4) is 5.88 Å². The van der Waals surface area contributed by atoms with E-state index in [1.54, 1.807) is 6.33 Å². The Kier molecular flexibility index (Phi) is 4.13. The zero-order valence-corrected chi connectivity index (χ0v) is 11.3. The zero-order chi connectivity index (χ0) is 12.9. The highest BCUT2D eigenvalue weighted by molar-refractivity contribution is 5.41. The van der Waals surface area contributed by atoms with E-state index in [1.165, 1.54) is 25.7 Å². The van der Waals surface area contributed by atoms with Gasteiger partial charge in [0.25, 0.3) is 0 Å². The molecule has 0 aliphatic carbocycles. The Bertz CT molecular complexity index is 400. The molecule has 2 saturated heterocycles. The van der Waals surface area contributed by atoms with Gasteiger partial charge in [-0.05, 0) is 32.2 Å². The van der Waals surface area contributed by atoms with E-state index in [-0.39, 0.29) is 0 Å². The molecule has 2 fully saturated rings. The normalized spacial score (nSPS) is 23.6. The van der Waals surface area contributed by atoms with E-state index < -0.39 is 0 Å². The van der Waals surface area contributed by atoms with E-state index in [0.717, 1.165) is 38.6 Å². The molecule has 1 aromatic heterocycles. The van der Waals surface area contributed by atoms with Crippen molar-refractivity contribution in [2.75, 3.05) is 37.7 Å². The summed E-state index contributed by atoms with van der Waals surface area (Å²) in [5.41, 5.74) is 0. The van der Waals surface area contributed by atoms with Gasteiger partial charge in [-0.2, -0.15) is 0 Å². The van der Waals surface area contributed by atoms with Crippen molar-refractivity contribution in [3.63, 3.8) is 0 Å². The fourth-order valence-corrected chi connectivity index (χ4v) is 2.80. The lowest BCUT2D eigenvalue weighted by atomic mass is 10.0. The van der Waals surface area contributed by atoms with Gasteiger partial charge in [0.15, 0.2) is 0 Å². The van der Waals surface area contributed by atoms with Crippen molar-refractivity contribution in [2.45, 2.75) is 25.7 Å². The minimum atomic E-state index is 0.610. The maximum Gasteiger partial charge on any atom is 0.218 e. The summed E-state index contributed by atoms with van der Waals surface area (Å²) in [4.78, 5) is 10.9. The van der Waals surface area contributed by atoms with Crippen molar-refractivity contribution >= 4 is 5.82 Å². The van der Waals surface area contributed by atoms with Crippen molar-refractivity contribution in [1.29, 1.82) is 0 Å². The molecule has 1 N–H and O–H groups in total. The second-order valence-electron chi connectivity index (χ2n) is 5.43. The molecule has 5 heteroatoms. The van der Waals surface area contributed by atoms with E-state index in [4.69, 9.17) is 4.74 Å². The molecule has 3 rings (SSSR count). The summed E-state index contributed by atoms with van der Waals surface area (Å²) in [5.74, 6) is 2.32. The van der Waals surface area contributed by atoms with Crippen LogP contribution in [0.25, 0.3) is 0 Å². The highest BCUT2D eigenvalue weighted by Crippen LogP contribution is 2.21. The van der Waals surface area contributed by atoms with E-state index in [1.807, 2.05) is 6.07 Å². The van der Waals surface area contributed by atoms with Gasteiger partial charge in [0.05, 0.1) is 6.61 Å². The molecule has 0 bridgehead atoms. The first-order valence-electron chi connectivity index (χ1n) is 7.32. The fraction of sp³-hybridized carbons (Fsp3) is 0.714. The summed E-state index contributed by atoms with van der Waals surface area (Å²) in [7, 11) is 0. The first kappa shape index (κ1) is 12.7. The number of nitrogens with zero attached hydrogens (tertiary/aromatic N) is 3. The molecule has 0 radical (unpaired) electrons. The second-order valence-corrected chi connectivity index (χ2v) is 5.43. The van der Waals surface area contributed by atoms with E-state index >= 15 is 0 Å². The van der Waals surface area contributed by atoms with Crippen LogP contribution in [-0.4, -0.2) is 42.8 Å². The minimum Gasteiger partial charge on any atom is -0.477 e. The van der Waals surface area contributed by atoms with Crippen LogP contribution in [0.5, 0.6) is 5.88 Å².